The van der Waals surface area contributed by atoms with Crippen LogP contribution in [0.15, 0.2) is 24.3 Å². The van der Waals surface area contributed by atoms with Crippen LogP contribution in [-0.4, -0.2) is 19.1 Å². The van der Waals surface area contributed by atoms with Crippen LogP contribution in [-0.2, 0) is 4.74 Å². The van der Waals surface area contributed by atoms with Gasteiger partial charge in [0.1, 0.15) is 0 Å². The lowest BCUT2D eigenvalue weighted by molar-refractivity contribution is 0.0526. The second-order valence-electron chi connectivity index (χ2n) is 5.18. The molecule has 0 bridgehead atoms. The molecule has 2 rings (SSSR count). The highest BCUT2D eigenvalue weighted by molar-refractivity contribution is 5.89. The Morgan fingerprint density at radius 1 is 1.21 bits per heavy atom. The van der Waals surface area contributed by atoms with Gasteiger partial charge < -0.3 is 10.1 Å². The summed E-state index contributed by atoms with van der Waals surface area (Å²) in [6.45, 7) is 3.28. The topological polar surface area (TPSA) is 38.3 Å². The Morgan fingerprint density at radius 3 is 2.53 bits per heavy atom. The number of carbonyl (C=O) groups is 1. The smallest absolute Gasteiger partial charge is 0.338 e. The predicted molar refractivity (Wildman–Crippen MR) is 77.5 cm³/mol. The molecule has 3 nitrogen and oxygen atoms in total. The fourth-order valence-electron chi connectivity index (χ4n) is 2.59. The van der Waals surface area contributed by atoms with Gasteiger partial charge in [-0.05, 0) is 49.9 Å². The first-order valence-electron chi connectivity index (χ1n) is 7.30. The van der Waals surface area contributed by atoms with E-state index in [1.54, 1.807) is 0 Å². The molecule has 104 valence electrons. The lowest BCUT2D eigenvalue weighted by Crippen LogP contribution is -2.17. The molecule has 0 atom stereocenters. The molecule has 0 spiro atoms. The van der Waals surface area contributed by atoms with Crippen molar-refractivity contribution in [1.82, 2.24) is 0 Å². The Morgan fingerprint density at radius 2 is 1.89 bits per heavy atom. The van der Waals surface area contributed by atoms with Crippen LogP contribution < -0.4 is 5.32 Å². The van der Waals surface area contributed by atoms with Crippen LogP contribution >= 0.6 is 0 Å². The summed E-state index contributed by atoms with van der Waals surface area (Å²) in [7, 11) is 0. The molecular formula is C16H23NO2. The van der Waals surface area contributed by atoms with E-state index in [9.17, 15) is 4.79 Å². The quantitative estimate of drug-likeness (QED) is 0.818. The third-order valence-corrected chi connectivity index (χ3v) is 3.72. The first-order chi connectivity index (χ1) is 9.29. The van der Waals surface area contributed by atoms with E-state index in [1.165, 1.54) is 32.1 Å². The van der Waals surface area contributed by atoms with Gasteiger partial charge in [0, 0.05) is 12.2 Å². The molecule has 0 unspecified atom stereocenters. The number of esters is 1. The third kappa shape index (κ3) is 4.27. The van der Waals surface area contributed by atoms with Crippen molar-refractivity contribution >= 4 is 11.7 Å². The van der Waals surface area contributed by atoms with E-state index in [2.05, 4.69) is 5.32 Å². The van der Waals surface area contributed by atoms with E-state index < -0.39 is 0 Å². The Balaban J connectivity index is 1.82. The molecule has 1 aliphatic carbocycles. The van der Waals surface area contributed by atoms with Crippen molar-refractivity contribution < 1.29 is 9.53 Å². The molecule has 0 aromatic heterocycles. The minimum atomic E-state index is -0.249. The van der Waals surface area contributed by atoms with E-state index in [1.807, 2.05) is 31.2 Å². The fourth-order valence-corrected chi connectivity index (χ4v) is 2.59. The van der Waals surface area contributed by atoms with E-state index in [0.29, 0.717) is 12.2 Å². The van der Waals surface area contributed by atoms with Crippen LogP contribution in [0, 0.1) is 5.92 Å². The number of hydrogen-bond donors (Lipinski definition) is 1. The highest BCUT2D eigenvalue weighted by atomic mass is 16.5. The average Bonchev–Trinajstić information content (AvgIpc) is 2.47. The molecule has 1 aromatic carbocycles. The lowest BCUT2D eigenvalue weighted by atomic mass is 9.89. The van der Waals surface area contributed by atoms with E-state index in [0.717, 1.165) is 18.2 Å². The summed E-state index contributed by atoms with van der Waals surface area (Å²) in [5, 5.41) is 3.46. The van der Waals surface area contributed by atoms with Gasteiger partial charge in [-0.15, -0.1) is 0 Å². The number of hydrogen-bond acceptors (Lipinski definition) is 3. The summed E-state index contributed by atoms with van der Waals surface area (Å²) >= 11 is 0. The number of ether oxygens (including phenoxy) is 1. The van der Waals surface area contributed by atoms with Gasteiger partial charge in [0.2, 0.25) is 0 Å². The molecule has 3 heteroatoms. The Kier molecular flexibility index (Phi) is 5.25. The standard InChI is InChI=1S/C16H23NO2/c1-2-19-16(18)14-8-10-15(11-9-14)17-12-13-6-4-3-5-7-13/h8-11,13,17H,2-7,12H2,1H3. The fraction of sp³-hybridized carbons (Fsp3) is 0.562. The lowest BCUT2D eigenvalue weighted by Gasteiger charge is -2.22. The number of benzene rings is 1. The van der Waals surface area contributed by atoms with Crippen LogP contribution in [0.1, 0.15) is 49.4 Å². The first-order valence-corrected chi connectivity index (χ1v) is 7.30. The monoisotopic (exact) mass is 261 g/mol. The molecule has 1 N–H and O–H groups in total. The van der Waals surface area contributed by atoms with Gasteiger partial charge in [0.05, 0.1) is 12.2 Å². The molecular weight excluding hydrogens is 238 g/mol. The van der Waals surface area contributed by atoms with Crippen LogP contribution in [0.2, 0.25) is 0 Å². The highest BCUT2D eigenvalue weighted by Crippen LogP contribution is 2.24. The second-order valence-corrected chi connectivity index (χ2v) is 5.18. The van der Waals surface area contributed by atoms with E-state index in [-0.39, 0.29) is 5.97 Å². The molecule has 1 aliphatic rings. The summed E-state index contributed by atoms with van der Waals surface area (Å²) in [5.41, 5.74) is 1.70. The van der Waals surface area contributed by atoms with Gasteiger partial charge in [0.25, 0.3) is 0 Å². The van der Waals surface area contributed by atoms with Crippen molar-refractivity contribution in [2.45, 2.75) is 39.0 Å². The summed E-state index contributed by atoms with van der Waals surface area (Å²) in [6, 6.07) is 7.55. The summed E-state index contributed by atoms with van der Waals surface area (Å²) in [6.07, 6.45) is 6.81. The third-order valence-electron chi connectivity index (χ3n) is 3.72. The largest absolute Gasteiger partial charge is 0.462 e. The van der Waals surface area contributed by atoms with Gasteiger partial charge in [-0.25, -0.2) is 4.79 Å². The van der Waals surface area contributed by atoms with Crippen molar-refractivity contribution in [3.05, 3.63) is 29.8 Å². The highest BCUT2D eigenvalue weighted by Gasteiger charge is 2.13. The molecule has 19 heavy (non-hydrogen) atoms. The maximum Gasteiger partial charge on any atom is 0.338 e. The minimum absolute atomic E-state index is 0.249. The zero-order valence-corrected chi connectivity index (χ0v) is 11.7. The van der Waals surface area contributed by atoms with Gasteiger partial charge in [0.15, 0.2) is 0 Å². The molecule has 1 fully saturated rings. The Bertz CT molecular complexity index is 394. The van der Waals surface area contributed by atoms with Gasteiger partial charge in [-0.2, -0.15) is 0 Å². The normalized spacial score (nSPS) is 16.1. The maximum absolute atomic E-state index is 11.5. The maximum atomic E-state index is 11.5. The zero-order valence-electron chi connectivity index (χ0n) is 11.7. The summed E-state index contributed by atoms with van der Waals surface area (Å²) in [4.78, 5) is 11.5. The number of nitrogens with one attached hydrogen (secondary N) is 1. The van der Waals surface area contributed by atoms with Crippen LogP contribution in [0.3, 0.4) is 0 Å². The van der Waals surface area contributed by atoms with Crippen molar-refractivity contribution in [2.75, 3.05) is 18.5 Å². The number of rotatable bonds is 5. The molecule has 0 heterocycles. The van der Waals surface area contributed by atoms with Crippen molar-refractivity contribution in [3.8, 4) is 0 Å². The van der Waals surface area contributed by atoms with Gasteiger partial charge >= 0.3 is 5.97 Å². The summed E-state index contributed by atoms with van der Waals surface area (Å²) < 4.78 is 4.96. The van der Waals surface area contributed by atoms with Crippen LogP contribution in [0.25, 0.3) is 0 Å². The van der Waals surface area contributed by atoms with Crippen LogP contribution in [0.5, 0.6) is 0 Å². The molecule has 0 aliphatic heterocycles. The summed E-state index contributed by atoms with van der Waals surface area (Å²) in [5.74, 6) is 0.555. The molecule has 1 aromatic rings. The van der Waals surface area contributed by atoms with Crippen LogP contribution in [0.4, 0.5) is 5.69 Å². The number of carbonyl (C=O) groups excluding carboxylic acids is 1. The first kappa shape index (κ1) is 13.9. The Hall–Kier alpha value is -1.51. The molecule has 0 saturated heterocycles. The van der Waals surface area contributed by atoms with Crippen molar-refractivity contribution in [3.63, 3.8) is 0 Å². The Labute approximate surface area is 115 Å². The van der Waals surface area contributed by atoms with Gasteiger partial charge in [-0.3, -0.25) is 0 Å². The zero-order chi connectivity index (χ0) is 13.5. The molecule has 0 amide bonds. The minimum Gasteiger partial charge on any atom is -0.462 e. The number of anilines is 1. The van der Waals surface area contributed by atoms with Gasteiger partial charge in [-0.1, -0.05) is 19.3 Å². The predicted octanol–water partition coefficient (Wildman–Crippen LogP) is 3.86. The van der Waals surface area contributed by atoms with E-state index >= 15 is 0 Å². The average molecular weight is 261 g/mol. The molecule has 1 saturated carbocycles. The second kappa shape index (κ2) is 7.17. The van der Waals surface area contributed by atoms with Crippen molar-refractivity contribution in [1.29, 1.82) is 0 Å². The SMILES string of the molecule is CCOC(=O)c1ccc(NCC2CCCCC2)cc1. The van der Waals surface area contributed by atoms with Crippen molar-refractivity contribution in [2.24, 2.45) is 5.92 Å². The van der Waals surface area contributed by atoms with E-state index in [4.69, 9.17) is 4.74 Å². The molecule has 0 radical (unpaired) electrons.